The Morgan fingerprint density at radius 1 is 1.25 bits per heavy atom. The molecule has 11 nitrogen and oxygen atoms in total. The van der Waals surface area contributed by atoms with Gasteiger partial charge in [0.05, 0.1) is 12.1 Å². The van der Waals surface area contributed by atoms with Crippen molar-refractivity contribution in [3.63, 3.8) is 0 Å². The van der Waals surface area contributed by atoms with Crippen molar-refractivity contribution in [1.29, 1.82) is 5.26 Å². The van der Waals surface area contributed by atoms with Crippen LogP contribution >= 0.6 is 0 Å². The summed E-state index contributed by atoms with van der Waals surface area (Å²) in [6, 6.07) is 14.2. The zero-order valence-corrected chi connectivity index (χ0v) is 19.9. The Kier molecular flexibility index (Phi) is 7.19. The topological polar surface area (TPSA) is 162 Å². The second kappa shape index (κ2) is 10.3. The fourth-order valence-corrected chi connectivity index (χ4v) is 4.20. The Morgan fingerprint density at radius 2 is 2.00 bits per heavy atom. The summed E-state index contributed by atoms with van der Waals surface area (Å²) in [5.74, 6) is -0.926. The highest BCUT2D eigenvalue weighted by Gasteiger charge is 2.60. The number of hydrogen-bond acceptors (Lipinski definition) is 10. The Bertz CT molecular complexity index is 1290. The molecular formula is C25H27N5O6. The number of rotatable bonds is 8. The van der Waals surface area contributed by atoms with E-state index in [9.17, 15) is 20.0 Å². The molecular weight excluding hydrogens is 466 g/mol. The van der Waals surface area contributed by atoms with Gasteiger partial charge in [-0.2, -0.15) is 10.4 Å². The average molecular weight is 494 g/mol. The first-order valence-electron chi connectivity index (χ1n) is 11.5. The molecule has 11 heteroatoms. The smallest absolute Gasteiger partial charge is 0.310 e. The van der Waals surface area contributed by atoms with E-state index in [0.29, 0.717) is 5.52 Å². The van der Waals surface area contributed by atoms with Crippen LogP contribution < -0.4 is 5.73 Å². The third-order valence-corrected chi connectivity index (χ3v) is 5.90. The Morgan fingerprint density at radius 3 is 2.69 bits per heavy atom. The average Bonchev–Trinajstić information content (AvgIpc) is 3.39. The van der Waals surface area contributed by atoms with Crippen molar-refractivity contribution in [2.45, 2.75) is 50.6 Å². The van der Waals surface area contributed by atoms with E-state index in [1.54, 1.807) is 18.2 Å². The Balaban J connectivity index is 1.61. The first-order valence-corrected chi connectivity index (χ1v) is 11.5. The fourth-order valence-electron chi connectivity index (χ4n) is 4.20. The van der Waals surface area contributed by atoms with Crippen molar-refractivity contribution in [2.75, 3.05) is 12.3 Å². The normalized spacial score (nSPS) is 23.5. The van der Waals surface area contributed by atoms with Crippen molar-refractivity contribution in [3.8, 4) is 6.07 Å². The van der Waals surface area contributed by atoms with Gasteiger partial charge in [0.15, 0.2) is 11.9 Å². The first kappa shape index (κ1) is 25.1. The molecule has 4 atom stereocenters. The molecule has 3 aromatic rings. The molecule has 0 aliphatic carbocycles. The number of fused-ring (bicyclic) bond motifs is 1. The largest absolute Gasteiger partial charge is 0.463 e. The Labute approximate surface area is 207 Å². The highest BCUT2D eigenvalue weighted by Crippen LogP contribution is 2.42. The summed E-state index contributed by atoms with van der Waals surface area (Å²) in [5.41, 5.74) is 5.27. The van der Waals surface area contributed by atoms with Gasteiger partial charge in [-0.25, -0.2) is 9.50 Å². The lowest BCUT2D eigenvalue weighted by molar-refractivity contribution is -0.160. The van der Waals surface area contributed by atoms with Gasteiger partial charge in [-0.3, -0.25) is 9.59 Å². The number of aliphatic hydroxyl groups is 1. The van der Waals surface area contributed by atoms with Crippen LogP contribution in [0.3, 0.4) is 0 Å². The molecule has 3 N–H and O–H groups in total. The van der Waals surface area contributed by atoms with Gasteiger partial charge < -0.3 is 25.1 Å². The number of nitrogens with two attached hydrogens (primary N) is 1. The van der Waals surface area contributed by atoms with Crippen LogP contribution in [0, 0.1) is 17.2 Å². The molecule has 1 aliphatic heterocycles. The molecule has 188 valence electrons. The van der Waals surface area contributed by atoms with Crippen LogP contribution in [0.4, 0.5) is 5.82 Å². The molecule has 36 heavy (non-hydrogen) atoms. The van der Waals surface area contributed by atoms with Crippen molar-refractivity contribution in [3.05, 3.63) is 60.0 Å². The maximum atomic E-state index is 12.5. The zero-order valence-electron chi connectivity index (χ0n) is 19.9. The molecule has 0 amide bonds. The number of benzene rings is 1. The summed E-state index contributed by atoms with van der Waals surface area (Å²) < 4.78 is 18.3. The van der Waals surface area contributed by atoms with Gasteiger partial charge in [0.25, 0.3) is 0 Å². The van der Waals surface area contributed by atoms with E-state index >= 15 is 0 Å². The van der Waals surface area contributed by atoms with Crippen LogP contribution in [0.1, 0.15) is 31.5 Å². The molecule has 1 aliphatic rings. The summed E-state index contributed by atoms with van der Waals surface area (Å²) in [5, 5.41) is 25.6. The van der Waals surface area contributed by atoms with E-state index in [2.05, 4.69) is 10.1 Å². The minimum atomic E-state index is -1.98. The summed E-state index contributed by atoms with van der Waals surface area (Å²) in [4.78, 5) is 28.9. The monoisotopic (exact) mass is 493 g/mol. The number of ether oxygens (including phenoxy) is 3. The molecule has 0 bridgehead atoms. The van der Waals surface area contributed by atoms with Crippen LogP contribution in [0.5, 0.6) is 0 Å². The van der Waals surface area contributed by atoms with Gasteiger partial charge >= 0.3 is 11.9 Å². The third kappa shape index (κ3) is 4.86. The second-order valence-electron chi connectivity index (χ2n) is 9.01. The van der Waals surface area contributed by atoms with Crippen molar-refractivity contribution in [2.24, 2.45) is 5.92 Å². The number of aromatic nitrogens is 3. The lowest BCUT2D eigenvalue weighted by Crippen LogP contribution is -2.43. The van der Waals surface area contributed by atoms with Gasteiger partial charge in [-0.05, 0) is 23.6 Å². The highest BCUT2D eigenvalue weighted by atomic mass is 16.6. The lowest BCUT2D eigenvalue weighted by Gasteiger charge is -2.24. The number of carbonyl (C=O) groups is 2. The minimum Gasteiger partial charge on any atom is -0.463 e. The predicted octanol–water partition coefficient (Wildman–Crippen LogP) is 1.53. The van der Waals surface area contributed by atoms with E-state index in [1.165, 1.54) is 16.9 Å². The maximum Gasteiger partial charge on any atom is 0.310 e. The van der Waals surface area contributed by atoms with Gasteiger partial charge in [-0.1, -0.05) is 44.2 Å². The summed E-state index contributed by atoms with van der Waals surface area (Å²) in [7, 11) is 0. The molecule has 3 heterocycles. The standard InChI is InChI=1S/C25H27N5O6/c1-15(2)10-21(32)35-22-18(12-34-20(31)11-16-6-4-3-5-7-16)36-25(13-26,23(22)33)19-9-8-17-24(27)28-14-29-30(17)19/h3-9,14-15,18,22-23,33H,10-12H2,1-2H3,(H2,27,28,29)/t18-,22-,23-,25+/m1/s1. The molecule has 0 saturated carbocycles. The molecule has 1 saturated heterocycles. The van der Waals surface area contributed by atoms with E-state index in [-0.39, 0.29) is 36.9 Å². The van der Waals surface area contributed by atoms with Crippen molar-refractivity contribution < 1.29 is 28.9 Å². The first-order chi connectivity index (χ1) is 17.2. The molecule has 1 fully saturated rings. The number of nitriles is 1. The minimum absolute atomic E-state index is 0.00841. The highest BCUT2D eigenvalue weighted by molar-refractivity contribution is 5.72. The molecule has 0 radical (unpaired) electrons. The van der Waals surface area contributed by atoms with Crippen LogP contribution in [0.25, 0.3) is 5.52 Å². The summed E-state index contributed by atoms with van der Waals surface area (Å²) in [6.07, 6.45) is -2.66. The van der Waals surface area contributed by atoms with Crippen molar-refractivity contribution >= 4 is 23.3 Å². The Hall–Kier alpha value is -4.01. The SMILES string of the molecule is CC(C)CC(=O)O[C@H]1[C@@H](O)[C@](C#N)(c2ccc3c(N)ncnn23)O[C@@H]1COC(=O)Cc1ccccc1. The molecule has 4 rings (SSSR count). The molecule has 1 aromatic carbocycles. The van der Waals surface area contributed by atoms with Crippen LogP contribution in [0.15, 0.2) is 48.8 Å². The molecule has 0 unspecified atom stereocenters. The van der Waals surface area contributed by atoms with Gasteiger partial charge in [0.1, 0.15) is 36.7 Å². The van der Waals surface area contributed by atoms with Crippen LogP contribution in [-0.4, -0.2) is 56.6 Å². The van der Waals surface area contributed by atoms with Gasteiger partial charge in [-0.15, -0.1) is 0 Å². The van der Waals surface area contributed by atoms with E-state index in [4.69, 9.17) is 19.9 Å². The molecule has 0 spiro atoms. The maximum absolute atomic E-state index is 12.5. The zero-order chi connectivity index (χ0) is 25.9. The summed E-state index contributed by atoms with van der Waals surface area (Å²) >= 11 is 0. The van der Waals surface area contributed by atoms with E-state index in [0.717, 1.165) is 5.56 Å². The van der Waals surface area contributed by atoms with Gasteiger partial charge in [0, 0.05) is 6.42 Å². The fraction of sp³-hybridized carbons (Fsp3) is 0.400. The number of anilines is 1. The number of nitrogen functional groups attached to an aromatic ring is 1. The molecule has 2 aromatic heterocycles. The number of nitrogens with zero attached hydrogens (tertiary/aromatic N) is 4. The number of esters is 2. The number of hydrogen-bond donors (Lipinski definition) is 2. The van der Waals surface area contributed by atoms with E-state index in [1.807, 2.05) is 38.1 Å². The lowest BCUT2D eigenvalue weighted by atomic mass is 9.92. The third-order valence-electron chi connectivity index (χ3n) is 5.90. The van der Waals surface area contributed by atoms with Crippen molar-refractivity contribution in [1.82, 2.24) is 14.6 Å². The predicted molar refractivity (Wildman–Crippen MR) is 126 cm³/mol. The van der Waals surface area contributed by atoms with Crippen LogP contribution in [0.2, 0.25) is 0 Å². The van der Waals surface area contributed by atoms with Gasteiger partial charge in [0.2, 0.25) is 5.60 Å². The summed E-state index contributed by atoms with van der Waals surface area (Å²) in [6.45, 7) is 3.36. The second-order valence-corrected chi connectivity index (χ2v) is 9.01. The van der Waals surface area contributed by atoms with E-state index < -0.39 is 35.9 Å². The quantitative estimate of drug-likeness (QED) is 0.440. The number of aliphatic hydroxyl groups excluding tert-OH is 1. The van der Waals surface area contributed by atoms with Crippen LogP contribution in [-0.2, 0) is 35.8 Å². The number of carbonyl (C=O) groups excluding carboxylic acids is 2.